The van der Waals surface area contributed by atoms with Gasteiger partial charge in [0, 0.05) is 37.6 Å². The van der Waals surface area contributed by atoms with Gasteiger partial charge in [-0.3, -0.25) is 4.79 Å². The molecule has 0 aromatic heterocycles. The van der Waals surface area contributed by atoms with Gasteiger partial charge in [-0.05, 0) is 117 Å². The standard InChI is InChI=1S/C54H57N3O8S/c1-39-16-27-48(28-17-39)66(61,62)55(5)36-51(58)57(47-26-29-49(53(60)64-38-42-14-10-7-11-15-42)50(34-47)63-37-41-12-8-6-9-13-41)35-40-18-20-43(21-19-40)44-30-32-56(33-31-44)46-24-22-45(23-25-46)52(59)65-54(2,3)4/h6-29,34,44H,30-33,35-38H2,1-5H3. The molecule has 1 aliphatic rings. The average molecular weight is 908 g/mol. The van der Waals surface area contributed by atoms with E-state index >= 15 is 0 Å². The van der Waals surface area contributed by atoms with Gasteiger partial charge in [0.05, 0.1) is 23.5 Å². The van der Waals surface area contributed by atoms with E-state index < -0.39 is 34.0 Å². The van der Waals surface area contributed by atoms with Crippen molar-refractivity contribution in [2.45, 2.75) is 76.7 Å². The van der Waals surface area contributed by atoms with Crippen molar-refractivity contribution in [1.82, 2.24) is 4.31 Å². The van der Waals surface area contributed by atoms with Crippen molar-refractivity contribution in [3.05, 3.63) is 191 Å². The molecule has 0 saturated carbocycles. The first-order valence-electron chi connectivity index (χ1n) is 22.2. The highest BCUT2D eigenvalue weighted by molar-refractivity contribution is 7.89. The van der Waals surface area contributed by atoms with Gasteiger partial charge in [0.15, 0.2) is 0 Å². The number of nitrogens with zero attached hydrogens (tertiary/aromatic N) is 3. The van der Waals surface area contributed by atoms with Crippen molar-refractivity contribution < 1.29 is 37.0 Å². The summed E-state index contributed by atoms with van der Waals surface area (Å²) in [5, 5.41) is 0. The van der Waals surface area contributed by atoms with Gasteiger partial charge in [-0.2, -0.15) is 4.31 Å². The van der Waals surface area contributed by atoms with E-state index in [1.807, 2.05) is 125 Å². The number of rotatable bonds is 16. The van der Waals surface area contributed by atoms with Crippen molar-refractivity contribution in [3.63, 3.8) is 0 Å². The summed E-state index contributed by atoms with van der Waals surface area (Å²) in [5.74, 6) is -0.860. The molecule has 12 heteroatoms. The van der Waals surface area contributed by atoms with Crippen LogP contribution in [0.2, 0.25) is 0 Å². The Hall–Kier alpha value is -6.76. The quantitative estimate of drug-likeness (QED) is 0.0874. The zero-order chi connectivity index (χ0) is 46.8. The van der Waals surface area contributed by atoms with Crippen LogP contribution in [0, 0.1) is 6.92 Å². The monoisotopic (exact) mass is 907 g/mol. The Morgan fingerprint density at radius 2 is 1.30 bits per heavy atom. The third-order valence-electron chi connectivity index (χ3n) is 11.5. The van der Waals surface area contributed by atoms with Crippen molar-refractivity contribution >= 4 is 39.2 Å². The Kier molecular flexibility index (Phi) is 15.0. The van der Waals surface area contributed by atoms with Crippen molar-refractivity contribution in [1.29, 1.82) is 0 Å². The minimum absolute atomic E-state index is 0.0617. The molecule has 0 atom stereocenters. The maximum Gasteiger partial charge on any atom is 0.342 e. The fourth-order valence-electron chi connectivity index (χ4n) is 7.77. The second kappa shape index (κ2) is 21.0. The summed E-state index contributed by atoms with van der Waals surface area (Å²) in [6, 6.07) is 46.1. The molecule has 342 valence electrons. The van der Waals surface area contributed by atoms with Crippen LogP contribution in [0.5, 0.6) is 5.75 Å². The Labute approximate surface area is 388 Å². The summed E-state index contributed by atoms with van der Waals surface area (Å²) in [7, 11) is -2.61. The Morgan fingerprint density at radius 3 is 1.91 bits per heavy atom. The Morgan fingerprint density at radius 1 is 0.697 bits per heavy atom. The molecule has 1 fully saturated rings. The van der Waals surface area contributed by atoms with Gasteiger partial charge in [-0.25, -0.2) is 18.0 Å². The maximum atomic E-state index is 14.5. The third kappa shape index (κ3) is 12.3. The molecule has 0 N–H and O–H groups in total. The normalized spacial score (nSPS) is 13.3. The highest BCUT2D eigenvalue weighted by Crippen LogP contribution is 2.33. The van der Waals surface area contributed by atoms with Crippen molar-refractivity contribution in [2.75, 3.05) is 36.5 Å². The lowest BCUT2D eigenvalue weighted by atomic mass is 9.88. The van der Waals surface area contributed by atoms with Gasteiger partial charge in [-0.1, -0.05) is 103 Å². The molecule has 0 bridgehead atoms. The van der Waals surface area contributed by atoms with Crippen LogP contribution in [0.25, 0.3) is 0 Å². The predicted octanol–water partition coefficient (Wildman–Crippen LogP) is 10.1. The number of amides is 1. The van der Waals surface area contributed by atoms with Gasteiger partial charge in [0.1, 0.15) is 30.1 Å². The molecule has 1 saturated heterocycles. The number of hydrogen-bond donors (Lipinski definition) is 0. The number of aryl methyl sites for hydroxylation is 1. The second-order valence-electron chi connectivity index (χ2n) is 17.6. The van der Waals surface area contributed by atoms with E-state index in [2.05, 4.69) is 17.0 Å². The number of benzene rings is 6. The van der Waals surface area contributed by atoms with Crippen molar-refractivity contribution in [3.8, 4) is 5.75 Å². The SMILES string of the molecule is Cc1ccc(S(=O)(=O)N(C)CC(=O)N(Cc2ccc(C3CCN(c4ccc(C(=O)OC(C)(C)C)cc4)CC3)cc2)c2ccc(C(=O)OCc3ccccc3)c(OCc3ccccc3)c2)cc1. The van der Waals surface area contributed by atoms with Gasteiger partial charge in [-0.15, -0.1) is 0 Å². The molecule has 0 aliphatic carbocycles. The smallest absolute Gasteiger partial charge is 0.342 e. The van der Waals surface area contributed by atoms with E-state index in [0.29, 0.717) is 17.2 Å². The molecule has 1 heterocycles. The minimum atomic E-state index is -4.01. The molecule has 6 aromatic rings. The van der Waals surface area contributed by atoms with E-state index in [0.717, 1.165) is 58.2 Å². The molecule has 11 nitrogen and oxygen atoms in total. The van der Waals surface area contributed by atoms with Crippen LogP contribution in [0.4, 0.5) is 11.4 Å². The Bertz CT molecular complexity index is 2700. The zero-order valence-electron chi connectivity index (χ0n) is 38.2. The number of ether oxygens (including phenoxy) is 3. The van der Waals surface area contributed by atoms with Crippen LogP contribution in [-0.2, 0) is 44.1 Å². The van der Waals surface area contributed by atoms with Crippen LogP contribution in [-0.4, -0.2) is 62.9 Å². The van der Waals surface area contributed by atoms with Crippen molar-refractivity contribution in [2.24, 2.45) is 0 Å². The summed E-state index contributed by atoms with van der Waals surface area (Å²) in [4.78, 5) is 44.6. The topological polar surface area (TPSA) is 123 Å². The average Bonchev–Trinajstić information content (AvgIpc) is 3.32. The molecule has 7 rings (SSSR count). The summed E-state index contributed by atoms with van der Waals surface area (Å²) >= 11 is 0. The summed E-state index contributed by atoms with van der Waals surface area (Å²) in [5.41, 5.74) is 6.26. The summed E-state index contributed by atoms with van der Waals surface area (Å²) in [6.45, 7) is 9.02. The fraction of sp³-hybridized carbons (Fsp3) is 0.278. The first kappa shape index (κ1) is 47.2. The number of carbonyl (C=O) groups is 3. The molecule has 0 radical (unpaired) electrons. The lowest BCUT2D eigenvalue weighted by molar-refractivity contribution is -0.118. The van der Waals surface area contributed by atoms with Crippen LogP contribution in [0.1, 0.15) is 88.1 Å². The molecule has 0 unspecified atom stereocenters. The number of carbonyl (C=O) groups excluding carboxylic acids is 3. The van der Waals surface area contributed by atoms with E-state index in [1.165, 1.54) is 29.6 Å². The van der Waals surface area contributed by atoms with E-state index in [1.54, 1.807) is 30.3 Å². The van der Waals surface area contributed by atoms with Crippen LogP contribution in [0.3, 0.4) is 0 Å². The molecule has 1 amide bonds. The molecule has 66 heavy (non-hydrogen) atoms. The molecular weight excluding hydrogens is 851 g/mol. The van der Waals surface area contributed by atoms with Gasteiger partial charge >= 0.3 is 11.9 Å². The number of hydrogen-bond acceptors (Lipinski definition) is 9. The molecule has 0 spiro atoms. The van der Waals surface area contributed by atoms with Crippen LogP contribution < -0.4 is 14.5 Å². The first-order chi connectivity index (χ1) is 31.6. The van der Waals surface area contributed by atoms with Gasteiger partial charge in [0.25, 0.3) is 0 Å². The van der Waals surface area contributed by atoms with E-state index in [9.17, 15) is 22.8 Å². The fourth-order valence-corrected chi connectivity index (χ4v) is 8.89. The highest BCUT2D eigenvalue weighted by Gasteiger charge is 2.28. The lowest BCUT2D eigenvalue weighted by Crippen LogP contribution is -2.41. The number of piperidine rings is 1. The molecule has 6 aromatic carbocycles. The number of likely N-dealkylation sites (N-methyl/N-ethyl adjacent to an activating group) is 1. The van der Waals surface area contributed by atoms with E-state index in [4.69, 9.17) is 14.2 Å². The van der Waals surface area contributed by atoms with E-state index in [-0.39, 0.29) is 41.9 Å². The lowest BCUT2D eigenvalue weighted by Gasteiger charge is -2.34. The van der Waals surface area contributed by atoms with Gasteiger partial charge in [0.2, 0.25) is 15.9 Å². The molecule has 1 aliphatic heterocycles. The third-order valence-corrected chi connectivity index (χ3v) is 13.3. The largest absolute Gasteiger partial charge is 0.488 e. The highest BCUT2D eigenvalue weighted by atomic mass is 32.2. The number of esters is 2. The number of anilines is 2. The maximum absolute atomic E-state index is 14.5. The minimum Gasteiger partial charge on any atom is -0.488 e. The second-order valence-corrected chi connectivity index (χ2v) is 19.7. The van der Waals surface area contributed by atoms with Crippen LogP contribution in [0.15, 0.2) is 157 Å². The Balaban J connectivity index is 1.11. The summed E-state index contributed by atoms with van der Waals surface area (Å²) in [6.07, 6.45) is 1.87. The first-order valence-corrected chi connectivity index (χ1v) is 23.6. The number of sulfonamides is 1. The summed E-state index contributed by atoms with van der Waals surface area (Å²) < 4.78 is 46.0. The molecular formula is C54H57N3O8S. The van der Waals surface area contributed by atoms with Gasteiger partial charge < -0.3 is 24.0 Å². The predicted molar refractivity (Wildman–Crippen MR) is 257 cm³/mol. The zero-order valence-corrected chi connectivity index (χ0v) is 39.0. The van der Waals surface area contributed by atoms with Crippen LogP contribution >= 0.6 is 0 Å².